The van der Waals surface area contributed by atoms with Gasteiger partial charge in [0.25, 0.3) is 0 Å². The third kappa shape index (κ3) is 3.79. The van der Waals surface area contributed by atoms with Crippen LogP contribution in [0.4, 0.5) is 5.13 Å². The highest BCUT2D eigenvalue weighted by Crippen LogP contribution is 2.32. The molecule has 0 saturated heterocycles. The summed E-state index contributed by atoms with van der Waals surface area (Å²) < 4.78 is 0.725. The zero-order valence-corrected chi connectivity index (χ0v) is 13.8. The normalized spacial score (nSPS) is 11.1. The van der Waals surface area contributed by atoms with Crippen molar-refractivity contribution in [2.24, 2.45) is 0 Å². The summed E-state index contributed by atoms with van der Waals surface area (Å²) in [4.78, 5) is 18.2. The number of anilines is 1. The highest BCUT2D eigenvalue weighted by Gasteiger charge is 2.08. The fraction of sp³-hybridized carbons (Fsp3) is 0. The lowest BCUT2D eigenvalue weighted by Crippen LogP contribution is -2.07. The SMILES string of the molecule is O=C(/C=C/c1cccs1)Nc1nc(-c2ccc(Cl)s2)cs1. The molecule has 106 valence electrons. The number of amides is 1. The zero-order chi connectivity index (χ0) is 14.7. The van der Waals surface area contributed by atoms with Crippen LogP contribution in [0.25, 0.3) is 16.6 Å². The van der Waals surface area contributed by atoms with E-state index in [0.29, 0.717) is 5.13 Å². The lowest BCUT2D eigenvalue weighted by atomic mass is 10.4. The third-order valence-electron chi connectivity index (χ3n) is 2.50. The van der Waals surface area contributed by atoms with Gasteiger partial charge in [0.05, 0.1) is 14.9 Å². The van der Waals surface area contributed by atoms with Gasteiger partial charge in [0.1, 0.15) is 0 Å². The molecule has 1 amide bonds. The Labute approximate surface area is 138 Å². The van der Waals surface area contributed by atoms with E-state index in [-0.39, 0.29) is 5.91 Å². The number of hydrogen-bond acceptors (Lipinski definition) is 5. The molecular weight excluding hydrogens is 344 g/mol. The van der Waals surface area contributed by atoms with Crippen LogP contribution in [0.5, 0.6) is 0 Å². The minimum Gasteiger partial charge on any atom is -0.298 e. The summed E-state index contributed by atoms with van der Waals surface area (Å²) in [6.07, 6.45) is 3.29. The summed E-state index contributed by atoms with van der Waals surface area (Å²) in [5.74, 6) is -0.187. The maximum absolute atomic E-state index is 11.8. The number of thiazole rings is 1. The van der Waals surface area contributed by atoms with Crippen LogP contribution < -0.4 is 5.32 Å². The van der Waals surface area contributed by atoms with E-state index in [4.69, 9.17) is 11.6 Å². The standard InChI is InChI=1S/C14H9ClN2OS3/c15-12-5-4-11(21-12)10-8-20-14(16-10)17-13(18)6-3-9-2-1-7-19-9/h1-8H,(H,16,17,18)/b6-3+. The highest BCUT2D eigenvalue weighted by atomic mass is 35.5. The molecule has 0 atom stereocenters. The van der Waals surface area contributed by atoms with Crippen LogP contribution in [0, 0.1) is 0 Å². The molecule has 21 heavy (non-hydrogen) atoms. The van der Waals surface area contributed by atoms with Crippen molar-refractivity contribution in [1.29, 1.82) is 0 Å². The predicted molar refractivity (Wildman–Crippen MR) is 92.4 cm³/mol. The van der Waals surface area contributed by atoms with E-state index >= 15 is 0 Å². The van der Waals surface area contributed by atoms with Crippen LogP contribution in [-0.4, -0.2) is 10.9 Å². The second-order valence-electron chi connectivity index (χ2n) is 3.98. The second kappa shape index (κ2) is 6.53. The molecule has 0 unspecified atom stereocenters. The van der Waals surface area contributed by atoms with Crippen LogP contribution in [0.15, 0.2) is 41.1 Å². The zero-order valence-electron chi connectivity index (χ0n) is 10.6. The van der Waals surface area contributed by atoms with Gasteiger partial charge in [-0.25, -0.2) is 4.98 Å². The number of halogens is 1. The fourth-order valence-electron chi connectivity index (χ4n) is 1.59. The molecular formula is C14H9ClN2OS3. The van der Waals surface area contributed by atoms with Crippen LogP contribution in [0.3, 0.4) is 0 Å². The summed E-state index contributed by atoms with van der Waals surface area (Å²) in [5.41, 5.74) is 0.828. The van der Waals surface area contributed by atoms with E-state index in [1.807, 2.05) is 35.0 Å². The van der Waals surface area contributed by atoms with Gasteiger partial charge in [-0.3, -0.25) is 10.1 Å². The largest absolute Gasteiger partial charge is 0.298 e. The molecule has 3 aromatic rings. The van der Waals surface area contributed by atoms with Gasteiger partial charge < -0.3 is 0 Å². The molecule has 3 heterocycles. The Kier molecular flexibility index (Phi) is 4.50. The minimum absolute atomic E-state index is 0.187. The van der Waals surface area contributed by atoms with Crippen molar-refractivity contribution in [1.82, 2.24) is 4.98 Å². The van der Waals surface area contributed by atoms with E-state index in [1.165, 1.54) is 28.7 Å². The lowest BCUT2D eigenvalue weighted by molar-refractivity contribution is -0.111. The van der Waals surface area contributed by atoms with Crippen molar-refractivity contribution >= 4 is 62.7 Å². The molecule has 3 aromatic heterocycles. The Morgan fingerprint density at radius 2 is 2.19 bits per heavy atom. The third-order valence-corrected chi connectivity index (χ3v) is 5.35. The summed E-state index contributed by atoms with van der Waals surface area (Å²) in [6, 6.07) is 7.66. The Morgan fingerprint density at radius 3 is 2.90 bits per heavy atom. The number of carbonyl (C=O) groups excluding carboxylic acids is 1. The number of aromatic nitrogens is 1. The monoisotopic (exact) mass is 352 g/mol. The van der Waals surface area contributed by atoms with Gasteiger partial charge in [-0.1, -0.05) is 17.7 Å². The first kappa shape index (κ1) is 14.5. The molecule has 0 aromatic carbocycles. The molecule has 0 saturated carbocycles. The van der Waals surface area contributed by atoms with Gasteiger partial charge in [-0.05, 0) is 29.7 Å². The molecule has 0 aliphatic rings. The van der Waals surface area contributed by atoms with Crippen molar-refractivity contribution in [3.8, 4) is 10.6 Å². The first-order valence-electron chi connectivity index (χ1n) is 5.94. The topological polar surface area (TPSA) is 42.0 Å². The van der Waals surface area contributed by atoms with Gasteiger partial charge >= 0.3 is 0 Å². The van der Waals surface area contributed by atoms with Crippen LogP contribution in [-0.2, 0) is 4.79 Å². The van der Waals surface area contributed by atoms with E-state index in [0.717, 1.165) is 19.8 Å². The van der Waals surface area contributed by atoms with Crippen molar-refractivity contribution in [3.05, 3.63) is 50.3 Å². The van der Waals surface area contributed by atoms with Gasteiger partial charge in [0.15, 0.2) is 5.13 Å². The van der Waals surface area contributed by atoms with Gasteiger partial charge in [-0.2, -0.15) is 0 Å². The Morgan fingerprint density at radius 1 is 1.29 bits per heavy atom. The van der Waals surface area contributed by atoms with E-state index in [2.05, 4.69) is 10.3 Å². The van der Waals surface area contributed by atoms with Gasteiger partial charge in [-0.15, -0.1) is 34.0 Å². The molecule has 0 radical (unpaired) electrons. The summed E-state index contributed by atoms with van der Waals surface area (Å²) >= 11 is 10.4. The smallest absolute Gasteiger partial charge is 0.250 e. The molecule has 3 nitrogen and oxygen atoms in total. The van der Waals surface area contributed by atoms with E-state index in [1.54, 1.807) is 17.4 Å². The average molecular weight is 353 g/mol. The van der Waals surface area contributed by atoms with Crippen LogP contribution in [0.2, 0.25) is 4.34 Å². The van der Waals surface area contributed by atoms with Crippen molar-refractivity contribution in [2.45, 2.75) is 0 Å². The maximum Gasteiger partial charge on any atom is 0.250 e. The number of carbonyl (C=O) groups is 1. The minimum atomic E-state index is -0.187. The molecule has 1 N–H and O–H groups in total. The number of rotatable bonds is 4. The van der Waals surface area contributed by atoms with E-state index < -0.39 is 0 Å². The predicted octanol–water partition coefficient (Wildman–Crippen LogP) is 5.24. The average Bonchev–Trinajstić information content (AvgIpc) is 3.17. The summed E-state index contributed by atoms with van der Waals surface area (Å²) in [6.45, 7) is 0. The number of nitrogens with one attached hydrogen (secondary N) is 1. The summed E-state index contributed by atoms with van der Waals surface area (Å²) in [5, 5.41) is 7.21. The van der Waals surface area contributed by atoms with Gasteiger partial charge in [0.2, 0.25) is 5.91 Å². The number of nitrogens with zero attached hydrogens (tertiary/aromatic N) is 1. The second-order valence-corrected chi connectivity index (χ2v) is 7.53. The quantitative estimate of drug-likeness (QED) is 0.652. The Hall–Kier alpha value is -1.47. The Balaban J connectivity index is 1.65. The summed E-state index contributed by atoms with van der Waals surface area (Å²) in [7, 11) is 0. The van der Waals surface area contributed by atoms with Crippen molar-refractivity contribution in [2.75, 3.05) is 5.32 Å². The molecule has 3 rings (SSSR count). The van der Waals surface area contributed by atoms with Crippen molar-refractivity contribution in [3.63, 3.8) is 0 Å². The number of hydrogen-bond donors (Lipinski definition) is 1. The maximum atomic E-state index is 11.8. The van der Waals surface area contributed by atoms with Crippen molar-refractivity contribution < 1.29 is 4.79 Å². The molecule has 0 bridgehead atoms. The molecule has 0 aliphatic carbocycles. The van der Waals surface area contributed by atoms with E-state index in [9.17, 15) is 4.79 Å². The molecule has 0 spiro atoms. The fourth-order valence-corrected chi connectivity index (χ4v) is 4.00. The number of thiophene rings is 2. The lowest BCUT2D eigenvalue weighted by Gasteiger charge is -1.95. The van der Waals surface area contributed by atoms with Crippen LogP contribution in [0.1, 0.15) is 4.88 Å². The Bertz CT molecular complexity index is 774. The van der Waals surface area contributed by atoms with Crippen LogP contribution >= 0.6 is 45.6 Å². The van der Waals surface area contributed by atoms with Gasteiger partial charge in [0, 0.05) is 16.3 Å². The molecule has 0 fully saturated rings. The first-order chi connectivity index (χ1) is 10.2. The highest BCUT2D eigenvalue weighted by molar-refractivity contribution is 7.20. The first-order valence-corrected chi connectivity index (χ1v) is 8.90. The molecule has 0 aliphatic heterocycles. The molecule has 7 heteroatoms.